The summed E-state index contributed by atoms with van der Waals surface area (Å²) in [6.45, 7) is 6.25. The molecule has 2 N–H and O–H groups in total. The highest BCUT2D eigenvalue weighted by atomic mass is 35.5. The van der Waals surface area contributed by atoms with Crippen LogP contribution < -0.4 is 10.6 Å². The molecule has 2 heterocycles. The number of amides is 1. The molecule has 2 aliphatic rings. The molecule has 1 saturated heterocycles. The Morgan fingerprint density at radius 1 is 1.00 bits per heavy atom. The predicted octanol–water partition coefficient (Wildman–Crippen LogP) is 2.74. The summed E-state index contributed by atoms with van der Waals surface area (Å²) in [5.74, 6) is 0.0874. The van der Waals surface area contributed by atoms with E-state index in [1.54, 1.807) is 0 Å². The molecular formula is C22H30Cl2N4O. The number of nitrogens with zero attached hydrogens (tertiary/aromatic N) is 2. The highest BCUT2D eigenvalue weighted by molar-refractivity contribution is 5.85. The van der Waals surface area contributed by atoms with Crippen LogP contribution in [0.1, 0.15) is 28.3 Å². The second-order valence-electron chi connectivity index (χ2n) is 7.58. The maximum atomic E-state index is 13.2. The summed E-state index contributed by atoms with van der Waals surface area (Å²) in [6.07, 6.45) is 0. The number of rotatable bonds is 5. The minimum Gasteiger partial charge on any atom is -0.350 e. The standard InChI is InChI=1S/C22H28N4O.2ClH/c1-25-9-11-26(12-10-25)21(18-5-3-2-4-6-18)22(27)24-14-17-7-8-19-15-23-16-20(19)13-17;;/h2-8,13,21,23H,9-12,14-16H2,1H3,(H,24,27);2*1H. The van der Waals surface area contributed by atoms with Crippen LogP contribution in [0.25, 0.3) is 0 Å². The van der Waals surface area contributed by atoms with Gasteiger partial charge in [0.2, 0.25) is 5.91 Å². The third-order valence-corrected chi connectivity index (χ3v) is 5.63. The van der Waals surface area contributed by atoms with Gasteiger partial charge in [-0.2, -0.15) is 0 Å². The lowest BCUT2D eigenvalue weighted by Gasteiger charge is -2.37. The topological polar surface area (TPSA) is 47.6 Å². The first kappa shape index (κ1) is 23.6. The van der Waals surface area contributed by atoms with Crippen LogP contribution in [0.2, 0.25) is 0 Å². The lowest BCUT2D eigenvalue weighted by molar-refractivity contribution is -0.127. The zero-order chi connectivity index (χ0) is 18.6. The SMILES string of the molecule is CN1CCN(C(C(=O)NCc2ccc3c(c2)CNC3)c2ccccc2)CC1.Cl.Cl. The maximum absolute atomic E-state index is 13.2. The van der Waals surface area contributed by atoms with Crippen LogP contribution in [0.3, 0.4) is 0 Å². The van der Waals surface area contributed by atoms with Crippen LogP contribution in [-0.4, -0.2) is 48.9 Å². The molecule has 0 aromatic heterocycles. The summed E-state index contributed by atoms with van der Waals surface area (Å²) in [4.78, 5) is 17.8. The van der Waals surface area contributed by atoms with Crippen molar-refractivity contribution in [3.05, 3.63) is 70.8 Å². The molecule has 1 unspecified atom stereocenters. The molecule has 5 nitrogen and oxygen atoms in total. The van der Waals surface area contributed by atoms with Crippen molar-refractivity contribution in [3.63, 3.8) is 0 Å². The third-order valence-electron chi connectivity index (χ3n) is 5.63. The smallest absolute Gasteiger partial charge is 0.242 e. The fourth-order valence-corrected chi connectivity index (χ4v) is 3.99. The van der Waals surface area contributed by atoms with Crippen LogP contribution >= 0.6 is 24.8 Å². The van der Waals surface area contributed by atoms with Gasteiger partial charge in [-0.15, -0.1) is 24.8 Å². The molecule has 1 fully saturated rings. The molecule has 4 rings (SSSR count). The van der Waals surface area contributed by atoms with Crippen molar-refractivity contribution in [2.24, 2.45) is 0 Å². The Kier molecular flexibility index (Phi) is 8.93. The van der Waals surface area contributed by atoms with Gasteiger partial charge in [-0.3, -0.25) is 9.69 Å². The van der Waals surface area contributed by atoms with E-state index in [0.29, 0.717) is 6.54 Å². The van der Waals surface area contributed by atoms with Gasteiger partial charge in [-0.1, -0.05) is 48.5 Å². The number of likely N-dealkylation sites (N-methyl/N-ethyl adjacent to an activating group) is 1. The molecule has 1 amide bonds. The lowest BCUT2D eigenvalue weighted by atomic mass is 10.0. The summed E-state index contributed by atoms with van der Waals surface area (Å²) >= 11 is 0. The molecule has 2 aromatic carbocycles. The summed E-state index contributed by atoms with van der Waals surface area (Å²) in [5.41, 5.74) is 4.94. The van der Waals surface area contributed by atoms with Gasteiger partial charge in [-0.05, 0) is 29.3 Å². The van der Waals surface area contributed by atoms with Crippen LogP contribution in [0.5, 0.6) is 0 Å². The monoisotopic (exact) mass is 436 g/mol. The van der Waals surface area contributed by atoms with Crippen LogP contribution in [0.15, 0.2) is 48.5 Å². The minimum absolute atomic E-state index is 0. The molecule has 2 aliphatic heterocycles. The van der Waals surface area contributed by atoms with Gasteiger partial charge in [0.05, 0.1) is 0 Å². The van der Waals surface area contributed by atoms with Gasteiger partial charge in [0.25, 0.3) is 0 Å². The molecule has 0 spiro atoms. The molecule has 2 aromatic rings. The largest absolute Gasteiger partial charge is 0.350 e. The number of carbonyl (C=O) groups is 1. The maximum Gasteiger partial charge on any atom is 0.242 e. The zero-order valence-corrected chi connectivity index (χ0v) is 18.4. The second-order valence-corrected chi connectivity index (χ2v) is 7.58. The molecule has 158 valence electrons. The summed E-state index contributed by atoms with van der Waals surface area (Å²) < 4.78 is 0. The van der Waals surface area contributed by atoms with Crippen molar-refractivity contribution in [1.29, 1.82) is 0 Å². The Bertz CT molecular complexity index is 795. The van der Waals surface area contributed by atoms with Crippen molar-refractivity contribution in [2.75, 3.05) is 33.2 Å². The highest BCUT2D eigenvalue weighted by Gasteiger charge is 2.29. The van der Waals surface area contributed by atoms with Gasteiger partial charge in [0.15, 0.2) is 0 Å². The van der Waals surface area contributed by atoms with E-state index in [-0.39, 0.29) is 36.8 Å². The van der Waals surface area contributed by atoms with Gasteiger partial charge in [0, 0.05) is 45.8 Å². The van der Waals surface area contributed by atoms with Gasteiger partial charge < -0.3 is 15.5 Å². The summed E-state index contributed by atoms with van der Waals surface area (Å²) in [5, 5.41) is 6.55. The van der Waals surface area contributed by atoms with Crippen molar-refractivity contribution >= 4 is 30.7 Å². The minimum atomic E-state index is -0.226. The molecule has 0 saturated carbocycles. The highest BCUT2D eigenvalue weighted by Crippen LogP contribution is 2.23. The molecule has 0 radical (unpaired) electrons. The van der Waals surface area contributed by atoms with E-state index in [9.17, 15) is 4.79 Å². The molecule has 29 heavy (non-hydrogen) atoms. The number of nitrogens with one attached hydrogen (secondary N) is 2. The lowest BCUT2D eigenvalue weighted by Crippen LogP contribution is -2.49. The second kappa shape index (κ2) is 11.0. The number of hydrogen-bond donors (Lipinski definition) is 2. The molecule has 7 heteroatoms. The van der Waals surface area contributed by atoms with Crippen LogP contribution in [0, 0.1) is 0 Å². The average Bonchev–Trinajstić information content (AvgIpc) is 3.17. The Hall–Kier alpha value is -1.63. The first-order valence-electron chi connectivity index (χ1n) is 9.77. The summed E-state index contributed by atoms with van der Waals surface area (Å²) in [6, 6.07) is 16.4. The van der Waals surface area contributed by atoms with Gasteiger partial charge in [-0.25, -0.2) is 0 Å². The van der Waals surface area contributed by atoms with E-state index >= 15 is 0 Å². The normalized spacial score (nSPS) is 17.6. The van der Waals surface area contributed by atoms with Crippen LogP contribution in [0.4, 0.5) is 0 Å². The Morgan fingerprint density at radius 3 is 2.41 bits per heavy atom. The molecule has 0 bridgehead atoms. The molecule has 0 aliphatic carbocycles. The van der Waals surface area contributed by atoms with Crippen molar-refractivity contribution in [1.82, 2.24) is 20.4 Å². The van der Waals surface area contributed by atoms with Crippen molar-refractivity contribution < 1.29 is 4.79 Å². The van der Waals surface area contributed by atoms with Crippen molar-refractivity contribution in [2.45, 2.75) is 25.7 Å². The number of halogens is 2. The van der Waals surface area contributed by atoms with E-state index in [0.717, 1.165) is 50.4 Å². The van der Waals surface area contributed by atoms with Crippen LogP contribution in [-0.2, 0) is 24.4 Å². The van der Waals surface area contributed by atoms with E-state index in [1.807, 2.05) is 18.2 Å². The van der Waals surface area contributed by atoms with Gasteiger partial charge >= 0.3 is 0 Å². The van der Waals surface area contributed by atoms with E-state index < -0.39 is 0 Å². The number of benzene rings is 2. The Morgan fingerprint density at radius 2 is 1.69 bits per heavy atom. The first-order chi connectivity index (χ1) is 13.2. The van der Waals surface area contributed by atoms with Gasteiger partial charge in [0.1, 0.15) is 6.04 Å². The third kappa shape index (κ3) is 5.71. The fraction of sp³-hybridized carbons (Fsp3) is 0.409. The average molecular weight is 437 g/mol. The van der Waals surface area contributed by atoms with E-state index in [1.165, 1.54) is 11.1 Å². The molecular weight excluding hydrogens is 407 g/mol. The quantitative estimate of drug-likeness (QED) is 0.756. The number of fused-ring (bicyclic) bond motifs is 1. The number of carbonyl (C=O) groups excluding carboxylic acids is 1. The first-order valence-corrected chi connectivity index (χ1v) is 9.77. The summed E-state index contributed by atoms with van der Waals surface area (Å²) in [7, 11) is 2.14. The number of hydrogen-bond acceptors (Lipinski definition) is 4. The predicted molar refractivity (Wildman–Crippen MR) is 122 cm³/mol. The van der Waals surface area contributed by atoms with E-state index in [4.69, 9.17) is 0 Å². The fourth-order valence-electron chi connectivity index (χ4n) is 3.99. The molecule has 1 atom stereocenters. The Labute approximate surface area is 185 Å². The van der Waals surface area contributed by atoms with E-state index in [2.05, 4.69) is 57.8 Å². The zero-order valence-electron chi connectivity index (χ0n) is 16.8. The number of piperazine rings is 1. The van der Waals surface area contributed by atoms with Crippen molar-refractivity contribution in [3.8, 4) is 0 Å². The Balaban J connectivity index is 0.00000150.